The van der Waals surface area contributed by atoms with Gasteiger partial charge in [0.25, 0.3) is 0 Å². The van der Waals surface area contributed by atoms with E-state index in [1.54, 1.807) is 14.7 Å². The first-order valence-corrected chi connectivity index (χ1v) is 22.7. The summed E-state index contributed by atoms with van der Waals surface area (Å²) in [5, 5.41) is 93.2. The van der Waals surface area contributed by atoms with Crippen LogP contribution in [0.3, 0.4) is 0 Å². The number of hydrogen-bond acceptors (Lipinski definition) is 17. The Bertz CT molecular complexity index is 593. The summed E-state index contributed by atoms with van der Waals surface area (Å²) in [5.74, 6) is 0. The molecular weight excluding hydrogens is 801 g/mol. The van der Waals surface area contributed by atoms with Gasteiger partial charge >= 0.3 is 7.82 Å². The standard InChI is InChI=1S/2C10H22O2.3C6H15NO3.H3O4P/c2*1-2-3-4-5-6-7-9-12-10-8-11;3*8-4-1-7(2-5-9)3-6-10;1-5(2,3)4/h2*11H,2-10H2,1H3;3*8-10H,1-6H2;(H3,1,2,3,4). The Kier molecular flexibility index (Phi) is 79.1. The van der Waals surface area contributed by atoms with Crippen LogP contribution in [0.5, 0.6) is 0 Å². The molecule has 366 valence electrons. The number of aliphatic hydroxyl groups excluding tert-OH is 11. The fraction of sp³-hybridized carbons (Fsp3) is 1.00. The van der Waals surface area contributed by atoms with E-state index in [0.717, 1.165) is 26.1 Å². The highest BCUT2D eigenvalue weighted by molar-refractivity contribution is 7.45. The van der Waals surface area contributed by atoms with Gasteiger partial charge < -0.3 is 80.3 Å². The molecule has 0 rings (SSSR count). The molecule has 0 saturated heterocycles. The van der Waals surface area contributed by atoms with Crippen LogP contribution in [-0.4, -0.2) is 244 Å². The molecule has 14 N–H and O–H groups in total. The van der Waals surface area contributed by atoms with Crippen LogP contribution >= 0.6 is 7.82 Å². The number of hydrogen-bond donors (Lipinski definition) is 14. The summed E-state index contributed by atoms with van der Waals surface area (Å²) in [5.41, 5.74) is 0. The summed E-state index contributed by atoms with van der Waals surface area (Å²) >= 11 is 0. The molecule has 0 aromatic carbocycles. The average Bonchev–Trinajstić information content (AvgIpc) is 3.18. The molecular formula is C38H92N3O17P. The summed E-state index contributed by atoms with van der Waals surface area (Å²) in [6.07, 6.45) is 15.5. The minimum atomic E-state index is -4.64. The number of phosphoric acid groups is 1. The Labute approximate surface area is 355 Å². The molecule has 21 heteroatoms. The molecule has 0 fully saturated rings. The van der Waals surface area contributed by atoms with Crippen molar-refractivity contribution < 1.29 is 84.9 Å². The minimum Gasteiger partial charge on any atom is -0.395 e. The van der Waals surface area contributed by atoms with Crippen molar-refractivity contribution in [2.75, 3.05) is 158 Å². The third-order valence-electron chi connectivity index (χ3n) is 7.50. The zero-order chi connectivity index (χ0) is 46.1. The molecule has 0 aliphatic rings. The molecule has 0 aliphatic heterocycles. The number of nitrogens with zero attached hydrogens (tertiary/aromatic N) is 3. The quantitative estimate of drug-likeness (QED) is 0.0254. The predicted molar refractivity (Wildman–Crippen MR) is 230 cm³/mol. The molecule has 0 atom stereocenters. The lowest BCUT2D eigenvalue weighted by atomic mass is 10.1. The Morgan fingerprint density at radius 2 is 0.508 bits per heavy atom. The molecule has 0 unspecified atom stereocenters. The zero-order valence-electron chi connectivity index (χ0n) is 36.7. The maximum Gasteiger partial charge on any atom is 0.466 e. The molecule has 0 saturated carbocycles. The first kappa shape index (κ1) is 70.1. The Morgan fingerprint density at radius 1 is 0.322 bits per heavy atom. The lowest BCUT2D eigenvalue weighted by Gasteiger charge is -2.17. The minimum absolute atomic E-state index is 0.0694. The predicted octanol–water partition coefficient (Wildman–Crippen LogP) is -1.42. The third-order valence-corrected chi connectivity index (χ3v) is 7.50. The van der Waals surface area contributed by atoms with Crippen LogP contribution in [0.4, 0.5) is 0 Å². The van der Waals surface area contributed by atoms with Crippen molar-refractivity contribution in [3.05, 3.63) is 0 Å². The van der Waals surface area contributed by atoms with Gasteiger partial charge in [0.2, 0.25) is 0 Å². The van der Waals surface area contributed by atoms with Gasteiger partial charge in [-0.2, -0.15) is 0 Å². The molecule has 0 amide bonds. The summed E-state index contributed by atoms with van der Waals surface area (Å²) < 4.78 is 19.2. The van der Waals surface area contributed by atoms with Crippen LogP contribution < -0.4 is 0 Å². The van der Waals surface area contributed by atoms with Crippen molar-refractivity contribution in [2.24, 2.45) is 0 Å². The van der Waals surface area contributed by atoms with Crippen LogP contribution in [0.2, 0.25) is 0 Å². The summed E-state index contributed by atoms with van der Waals surface area (Å²) in [6.45, 7) is 12.6. The zero-order valence-corrected chi connectivity index (χ0v) is 37.6. The largest absolute Gasteiger partial charge is 0.466 e. The van der Waals surface area contributed by atoms with E-state index >= 15 is 0 Å². The number of aliphatic hydroxyl groups is 11. The second-order valence-corrected chi connectivity index (χ2v) is 13.8. The Hall–Kier alpha value is -0.530. The summed E-state index contributed by atoms with van der Waals surface area (Å²) in [4.78, 5) is 26.9. The molecule has 0 heterocycles. The number of ether oxygens (including phenoxy) is 2. The Morgan fingerprint density at radius 3 is 0.678 bits per heavy atom. The van der Waals surface area contributed by atoms with Gasteiger partial charge in [0.05, 0.1) is 85.9 Å². The van der Waals surface area contributed by atoms with Gasteiger partial charge in [0.1, 0.15) is 0 Å². The number of rotatable bonds is 36. The second kappa shape index (κ2) is 66.6. The van der Waals surface area contributed by atoms with E-state index in [1.807, 2.05) is 0 Å². The SMILES string of the molecule is CCCCCCCCOCCO.CCCCCCCCOCCO.O=P(O)(O)O.OCCN(CCO)CCO.OCCN(CCO)CCO.OCCN(CCO)CCO. The molecule has 0 aromatic rings. The van der Waals surface area contributed by atoms with Crippen LogP contribution in [-0.2, 0) is 14.0 Å². The van der Waals surface area contributed by atoms with Crippen molar-refractivity contribution in [3.63, 3.8) is 0 Å². The van der Waals surface area contributed by atoms with Crippen LogP contribution in [0.15, 0.2) is 0 Å². The fourth-order valence-corrected chi connectivity index (χ4v) is 4.58. The van der Waals surface area contributed by atoms with Gasteiger partial charge in [-0.05, 0) is 12.8 Å². The van der Waals surface area contributed by atoms with E-state index in [2.05, 4.69) is 13.8 Å². The highest BCUT2D eigenvalue weighted by Gasteiger charge is 2.02. The molecule has 0 aliphatic carbocycles. The molecule has 59 heavy (non-hydrogen) atoms. The smallest absolute Gasteiger partial charge is 0.395 e. The van der Waals surface area contributed by atoms with Gasteiger partial charge in [-0.3, -0.25) is 14.7 Å². The topological polar surface area (TPSA) is 328 Å². The van der Waals surface area contributed by atoms with Crippen LogP contribution in [0.25, 0.3) is 0 Å². The van der Waals surface area contributed by atoms with Crippen molar-refractivity contribution >= 4 is 7.82 Å². The Balaban J connectivity index is -0.000000145. The van der Waals surface area contributed by atoms with Gasteiger partial charge in [-0.1, -0.05) is 78.1 Å². The average molecular weight is 894 g/mol. The molecule has 20 nitrogen and oxygen atoms in total. The maximum atomic E-state index is 8.88. The van der Waals surface area contributed by atoms with Crippen LogP contribution in [0.1, 0.15) is 90.9 Å². The maximum absolute atomic E-state index is 8.88. The lowest BCUT2D eigenvalue weighted by molar-refractivity contribution is 0.0895. The highest BCUT2D eigenvalue weighted by atomic mass is 31.2. The first-order valence-electron chi connectivity index (χ1n) is 21.2. The van der Waals surface area contributed by atoms with E-state index in [0.29, 0.717) is 72.1 Å². The van der Waals surface area contributed by atoms with Gasteiger partial charge in [0, 0.05) is 72.1 Å². The molecule has 0 aromatic heterocycles. The fourth-order valence-electron chi connectivity index (χ4n) is 4.58. The van der Waals surface area contributed by atoms with E-state index < -0.39 is 7.82 Å². The van der Waals surface area contributed by atoms with E-state index in [4.69, 9.17) is 84.9 Å². The normalized spacial score (nSPS) is 10.8. The van der Waals surface area contributed by atoms with Crippen LogP contribution in [0, 0.1) is 0 Å². The molecule has 0 radical (unpaired) electrons. The summed E-state index contributed by atoms with van der Waals surface area (Å²) in [6, 6.07) is 0. The van der Waals surface area contributed by atoms with Gasteiger partial charge in [-0.25, -0.2) is 4.57 Å². The van der Waals surface area contributed by atoms with E-state index in [-0.39, 0.29) is 72.7 Å². The molecule has 0 bridgehead atoms. The lowest BCUT2D eigenvalue weighted by Crippen LogP contribution is -2.32. The van der Waals surface area contributed by atoms with Crippen molar-refractivity contribution in [1.82, 2.24) is 14.7 Å². The van der Waals surface area contributed by atoms with Crippen molar-refractivity contribution in [3.8, 4) is 0 Å². The second-order valence-electron chi connectivity index (χ2n) is 12.8. The molecule has 0 spiro atoms. The van der Waals surface area contributed by atoms with E-state index in [9.17, 15) is 0 Å². The third kappa shape index (κ3) is 89.4. The first-order chi connectivity index (χ1) is 28.4. The van der Waals surface area contributed by atoms with Crippen molar-refractivity contribution in [1.29, 1.82) is 0 Å². The van der Waals surface area contributed by atoms with Gasteiger partial charge in [-0.15, -0.1) is 0 Å². The van der Waals surface area contributed by atoms with Crippen molar-refractivity contribution in [2.45, 2.75) is 90.9 Å². The monoisotopic (exact) mass is 894 g/mol. The van der Waals surface area contributed by atoms with Gasteiger partial charge in [0.15, 0.2) is 0 Å². The highest BCUT2D eigenvalue weighted by Crippen LogP contribution is 2.25. The van der Waals surface area contributed by atoms with E-state index in [1.165, 1.54) is 64.2 Å². The summed E-state index contributed by atoms with van der Waals surface area (Å²) in [7, 11) is -4.64. The number of unbranched alkanes of at least 4 members (excludes halogenated alkanes) is 10.